The maximum Gasteiger partial charge on any atom is 0.349 e. The Morgan fingerprint density at radius 3 is 1.60 bits per heavy atom. The van der Waals surface area contributed by atoms with Gasteiger partial charge in [0.1, 0.15) is 10.5 Å². The molecule has 2 aromatic rings. The first kappa shape index (κ1) is 19.0. The molecule has 0 aromatic heterocycles. The van der Waals surface area contributed by atoms with E-state index in [0.717, 1.165) is 0 Å². The standard InChI is InChI=1S/C13HF9O2S/c14-2-1-3(15)6(17)11(5(2)16)24-13(23)4-7(18)9(20)12(25-22)10(21)8(4)19/h1H. The Bertz CT molecular complexity index is 830. The van der Waals surface area contributed by atoms with Crippen molar-refractivity contribution in [3.8, 4) is 5.75 Å². The van der Waals surface area contributed by atoms with Crippen LogP contribution < -0.4 is 4.74 Å². The number of ether oxygens (including phenoxy) is 1. The number of hydrogen-bond acceptors (Lipinski definition) is 3. The molecule has 0 spiro atoms. The van der Waals surface area contributed by atoms with E-state index in [1.54, 1.807) is 0 Å². The van der Waals surface area contributed by atoms with Crippen LogP contribution in [0.3, 0.4) is 0 Å². The summed E-state index contributed by atoms with van der Waals surface area (Å²) in [7, 11) is 0. The first-order valence-electron chi connectivity index (χ1n) is 5.81. The predicted molar refractivity (Wildman–Crippen MR) is 64.5 cm³/mol. The lowest BCUT2D eigenvalue weighted by Crippen LogP contribution is -2.18. The summed E-state index contributed by atoms with van der Waals surface area (Å²) < 4.78 is 123. The van der Waals surface area contributed by atoms with Gasteiger partial charge in [0, 0.05) is 6.07 Å². The Hall–Kier alpha value is -2.37. The Labute approximate surface area is 136 Å². The molecule has 0 N–H and O–H groups in total. The summed E-state index contributed by atoms with van der Waals surface area (Å²) >= 11 is -1.22. The fourth-order valence-corrected chi connectivity index (χ4v) is 1.96. The van der Waals surface area contributed by atoms with E-state index in [2.05, 4.69) is 4.74 Å². The molecule has 0 aliphatic carbocycles. The first-order chi connectivity index (χ1) is 11.6. The molecule has 2 nitrogen and oxygen atoms in total. The number of hydrogen-bond donors (Lipinski definition) is 0. The van der Waals surface area contributed by atoms with Crippen LogP contribution in [0.25, 0.3) is 0 Å². The molecule has 0 heterocycles. The van der Waals surface area contributed by atoms with Crippen LogP contribution in [0.15, 0.2) is 11.0 Å². The van der Waals surface area contributed by atoms with Gasteiger partial charge in [-0.1, -0.05) is 0 Å². The lowest BCUT2D eigenvalue weighted by Gasteiger charge is -2.11. The van der Waals surface area contributed by atoms with Gasteiger partial charge in [-0.2, -0.15) is 12.7 Å². The van der Waals surface area contributed by atoms with Crippen molar-refractivity contribution >= 4 is 18.1 Å². The smallest absolute Gasteiger partial charge is 0.349 e. The minimum atomic E-state index is -2.44. The molecular formula is C13HF9O2S. The van der Waals surface area contributed by atoms with Gasteiger partial charge in [-0.3, -0.25) is 0 Å². The van der Waals surface area contributed by atoms with Gasteiger partial charge < -0.3 is 4.74 Å². The summed E-state index contributed by atoms with van der Waals surface area (Å²) in [5.74, 6) is -22.5. The Morgan fingerprint density at radius 1 is 0.760 bits per heavy atom. The monoisotopic (exact) mass is 392 g/mol. The highest BCUT2D eigenvalue weighted by Gasteiger charge is 2.33. The Kier molecular flexibility index (Phi) is 5.20. The summed E-state index contributed by atoms with van der Waals surface area (Å²) in [6.45, 7) is 0. The number of halogens is 9. The normalized spacial score (nSPS) is 10.9. The van der Waals surface area contributed by atoms with E-state index in [9.17, 15) is 43.8 Å². The van der Waals surface area contributed by atoms with Gasteiger partial charge in [0.25, 0.3) is 0 Å². The van der Waals surface area contributed by atoms with Crippen molar-refractivity contribution in [1.29, 1.82) is 0 Å². The van der Waals surface area contributed by atoms with Crippen LogP contribution in [0.4, 0.5) is 39.0 Å². The zero-order chi connectivity index (χ0) is 19.0. The maximum absolute atomic E-state index is 13.6. The topological polar surface area (TPSA) is 26.3 Å². The molecular weight excluding hydrogens is 391 g/mol. The molecule has 0 unspecified atom stereocenters. The second-order valence-corrected chi connectivity index (χ2v) is 4.79. The van der Waals surface area contributed by atoms with Gasteiger partial charge in [0.15, 0.2) is 34.9 Å². The second kappa shape index (κ2) is 6.86. The SMILES string of the molecule is O=C(Oc1c(F)c(F)cc(F)c1F)c1c(F)c(F)c(SF)c(F)c1F. The van der Waals surface area contributed by atoms with E-state index in [-0.39, 0.29) is 6.07 Å². The number of benzene rings is 2. The molecule has 0 atom stereocenters. The lowest BCUT2D eigenvalue weighted by molar-refractivity contribution is 0.0703. The third-order valence-electron chi connectivity index (χ3n) is 2.77. The van der Waals surface area contributed by atoms with Gasteiger partial charge >= 0.3 is 5.97 Å². The highest BCUT2D eigenvalue weighted by Crippen LogP contribution is 2.33. The van der Waals surface area contributed by atoms with Crippen LogP contribution >= 0.6 is 12.1 Å². The van der Waals surface area contributed by atoms with Crippen molar-refractivity contribution in [2.75, 3.05) is 0 Å². The molecule has 0 fully saturated rings. The van der Waals surface area contributed by atoms with E-state index >= 15 is 0 Å². The third-order valence-corrected chi connectivity index (χ3v) is 3.28. The van der Waals surface area contributed by atoms with Gasteiger partial charge in [0.2, 0.25) is 17.4 Å². The summed E-state index contributed by atoms with van der Waals surface area (Å²) in [5, 5.41) is 0. The highest BCUT2D eigenvalue weighted by atomic mass is 32.2. The average Bonchev–Trinajstić information content (AvgIpc) is 2.56. The molecule has 134 valence electrons. The lowest BCUT2D eigenvalue weighted by atomic mass is 10.1. The van der Waals surface area contributed by atoms with Gasteiger partial charge in [-0.05, 0) is 0 Å². The Balaban J connectivity index is 2.58. The fraction of sp³-hybridized carbons (Fsp3) is 0. The van der Waals surface area contributed by atoms with E-state index in [1.165, 1.54) is 0 Å². The van der Waals surface area contributed by atoms with Crippen LogP contribution in [-0.2, 0) is 0 Å². The predicted octanol–water partition coefficient (Wildman–Crippen LogP) is 5.00. The van der Waals surface area contributed by atoms with Crippen LogP contribution in [0.5, 0.6) is 5.75 Å². The molecule has 0 radical (unpaired) electrons. The second-order valence-electron chi connectivity index (χ2n) is 4.22. The minimum Gasteiger partial charge on any atom is -0.416 e. The van der Waals surface area contributed by atoms with Crippen molar-refractivity contribution in [1.82, 2.24) is 0 Å². The largest absolute Gasteiger partial charge is 0.416 e. The van der Waals surface area contributed by atoms with E-state index in [0.29, 0.717) is 0 Å². The molecule has 0 aliphatic rings. The minimum absolute atomic E-state index is 0.254. The van der Waals surface area contributed by atoms with Crippen LogP contribution in [-0.4, -0.2) is 5.97 Å². The van der Waals surface area contributed by atoms with Crippen molar-refractivity contribution in [3.05, 3.63) is 58.2 Å². The summed E-state index contributed by atoms with van der Waals surface area (Å²) in [5.41, 5.74) is -2.13. The van der Waals surface area contributed by atoms with Gasteiger partial charge in [0.05, 0.1) is 12.1 Å². The van der Waals surface area contributed by atoms with E-state index in [4.69, 9.17) is 0 Å². The van der Waals surface area contributed by atoms with Crippen LogP contribution in [0, 0.1) is 46.5 Å². The highest BCUT2D eigenvalue weighted by molar-refractivity contribution is 7.94. The molecule has 2 aromatic carbocycles. The van der Waals surface area contributed by atoms with Crippen molar-refractivity contribution in [2.24, 2.45) is 0 Å². The number of rotatable bonds is 3. The molecule has 12 heteroatoms. The summed E-state index contributed by atoms with van der Waals surface area (Å²) in [6.07, 6.45) is 0. The molecule has 0 bridgehead atoms. The average molecular weight is 392 g/mol. The zero-order valence-corrected chi connectivity index (χ0v) is 12.0. The van der Waals surface area contributed by atoms with Crippen molar-refractivity contribution < 1.29 is 48.5 Å². The molecule has 2 rings (SSSR count). The maximum atomic E-state index is 13.6. The van der Waals surface area contributed by atoms with Gasteiger partial charge in [-0.25, -0.2) is 31.1 Å². The third kappa shape index (κ3) is 3.13. The van der Waals surface area contributed by atoms with E-state index in [1.807, 2.05) is 0 Å². The first-order valence-corrected chi connectivity index (χ1v) is 6.53. The van der Waals surface area contributed by atoms with Crippen LogP contribution in [0.1, 0.15) is 10.4 Å². The number of carbonyl (C=O) groups excluding carboxylic acids is 1. The summed E-state index contributed by atoms with van der Waals surface area (Å²) in [4.78, 5) is 9.81. The summed E-state index contributed by atoms with van der Waals surface area (Å²) in [6, 6.07) is -0.254. The molecule has 0 amide bonds. The van der Waals surface area contributed by atoms with Crippen LogP contribution in [0.2, 0.25) is 0 Å². The van der Waals surface area contributed by atoms with Crippen molar-refractivity contribution in [3.63, 3.8) is 0 Å². The Morgan fingerprint density at radius 2 is 1.20 bits per heavy atom. The van der Waals surface area contributed by atoms with E-state index < -0.39 is 80.9 Å². The molecule has 25 heavy (non-hydrogen) atoms. The number of esters is 1. The molecule has 0 saturated carbocycles. The fourth-order valence-electron chi connectivity index (χ4n) is 1.64. The molecule has 0 saturated heterocycles. The van der Waals surface area contributed by atoms with Gasteiger partial charge in [-0.15, -0.1) is 0 Å². The number of carbonyl (C=O) groups is 1. The van der Waals surface area contributed by atoms with Crippen molar-refractivity contribution in [2.45, 2.75) is 4.90 Å². The zero-order valence-electron chi connectivity index (χ0n) is 11.2. The quantitative estimate of drug-likeness (QED) is 0.319. The molecule has 0 aliphatic heterocycles.